The van der Waals surface area contributed by atoms with Gasteiger partial charge in [-0.15, -0.1) is 0 Å². The summed E-state index contributed by atoms with van der Waals surface area (Å²) in [4.78, 5) is 27.0. The molecule has 0 unspecified atom stereocenters. The Bertz CT molecular complexity index is 1190. The van der Waals surface area contributed by atoms with E-state index in [0.717, 1.165) is 12.1 Å². The van der Waals surface area contributed by atoms with E-state index in [9.17, 15) is 22.8 Å². The van der Waals surface area contributed by atoms with Crippen LogP contribution in [0, 0.1) is 5.92 Å². The van der Waals surface area contributed by atoms with Gasteiger partial charge in [0.25, 0.3) is 5.91 Å². The second kappa shape index (κ2) is 11.7. The van der Waals surface area contributed by atoms with Crippen molar-refractivity contribution < 1.29 is 32.0 Å². The Morgan fingerprint density at radius 3 is 2.56 bits per heavy atom. The number of hydrogen-bond acceptors (Lipinski definition) is 5. The van der Waals surface area contributed by atoms with E-state index in [0.29, 0.717) is 29.2 Å². The number of nitrogens with one attached hydrogen (secondary N) is 1. The lowest BCUT2D eigenvalue weighted by molar-refractivity contribution is -0.137. The van der Waals surface area contributed by atoms with Crippen LogP contribution in [-0.2, 0) is 17.5 Å². The second-order valence-electron chi connectivity index (χ2n) is 8.68. The minimum absolute atomic E-state index is 0.0159. The molecular formula is C26H28F3N3O4. The van der Waals surface area contributed by atoms with E-state index >= 15 is 0 Å². The van der Waals surface area contributed by atoms with Crippen molar-refractivity contribution in [3.63, 3.8) is 0 Å². The highest BCUT2D eigenvalue weighted by atomic mass is 19.4. The number of aromatic nitrogens is 1. The van der Waals surface area contributed by atoms with Crippen LogP contribution in [0.5, 0.6) is 5.75 Å². The third-order valence-corrected chi connectivity index (χ3v) is 5.31. The van der Waals surface area contributed by atoms with Crippen LogP contribution in [0.3, 0.4) is 0 Å². The average molecular weight is 504 g/mol. The lowest BCUT2D eigenvalue weighted by atomic mass is 10.1. The van der Waals surface area contributed by atoms with Crippen LogP contribution in [0.15, 0.2) is 59.1 Å². The van der Waals surface area contributed by atoms with E-state index < -0.39 is 11.7 Å². The van der Waals surface area contributed by atoms with Gasteiger partial charge in [-0.05, 0) is 35.7 Å². The maximum Gasteiger partial charge on any atom is 0.416 e. The van der Waals surface area contributed by atoms with Crippen LogP contribution < -0.4 is 10.1 Å². The van der Waals surface area contributed by atoms with E-state index in [-0.39, 0.29) is 42.9 Å². The van der Waals surface area contributed by atoms with Crippen molar-refractivity contribution in [1.29, 1.82) is 0 Å². The zero-order valence-electron chi connectivity index (χ0n) is 20.3. The van der Waals surface area contributed by atoms with Crippen LogP contribution in [0.2, 0.25) is 0 Å². The van der Waals surface area contributed by atoms with Gasteiger partial charge in [0.05, 0.1) is 12.7 Å². The van der Waals surface area contributed by atoms with E-state index in [4.69, 9.17) is 9.26 Å². The molecule has 1 aromatic heterocycles. The van der Waals surface area contributed by atoms with Crippen LogP contribution in [0.4, 0.5) is 13.2 Å². The Labute approximate surface area is 207 Å². The number of carbonyl (C=O) groups is 2. The van der Waals surface area contributed by atoms with Crippen molar-refractivity contribution >= 4 is 11.8 Å². The van der Waals surface area contributed by atoms with Gasteiger partial charge in [0.15, 0.2) is 11.5 Å². The lowest BCUT2D eigenvalue weighted by Crippen LogP contribution is -2.37. The fraction of sp³-hybridized carbons (Fsp3) is 0.346. The number of halogens is 3. The molecule has 2 aromatic carbocycles. The summed E-state index contributed by atoms with van der Waals surface area (Å²) >= 11 is 0. The van der Waals surface area contributed by atoms with E-state index in [1.165, 1.54) is 23.1 Å². The van der Waals surface area contributed by atoms with Gasteiger partial charge >= 0.3 is 6.18 Å². The van der Waals surface area contributed by atoms with Gasteiger partial charge in [-0.1, -0.05) is 43.3 Å². The first-order valence-electron chi connectivity index (χ1n) is 11.4. The van der Waals surface area contributed by atoms with Crippen LogP contribution >= 0.6 is 0 Å². The molecule has 0 radical (unpaired) electrons. The molecule has 0 aliphatic rings. The molecule has 0 saturated heterocycles. The van der Waals surface area contributed by atoms with Crippen LogP contribution in [0.25, 0.3) is 11.3 Å². The summed E-state index contributed by atoms with van der Waals surface area (Å²) < 4.78 is 49.2. The first kappa shape index (κ1) is 26.8. The highest BCUT2D eigenvalue weighted by Gasteiger charge is 2.30. The maximum absolute atomic E-state index is 13.1. The zero-order chi connectivity index (χ0) is 26.3. The first-order chi connectivity index (χ1) is 17.1. The monoisotopic (exact) mass is 503 g/mol. The minimum atomic E-state index is -4.45. The molecule has 1 N–H and O–H groups in total. The van der Waals surface area contributed by atoms with Crippen molar-refractivity contribution in [2.75, 3.05) is 20.2 Å². The summed E-state index contributed by atoms with van der Waals surface area (Å²) in [6.45, 7) is 4.35. The van der Waals surface area contributed by atoms with Crippen LogP contribution in [0.1, 0.15) is 41.9 Å². The van der Waals surface area contributed by atoms with Gasteiger partial charge in [-0.25, -0.2) is 0 Å². The lowest BCUT2D eigenvalue weighted by Gasteiger charge is -2.23. The third kappa shape index (κ3) is 7.34. The molecule has 0 spiro atoms. The predicted octanol–water partition coefficient (Wildman–Crippen LogP) is 5.17. The number of amides is 2. The topological polar surface area (TPSA) is 84.7 Å². The molecule has 3 aromatic rings. The molecule has 2 amide bonds. The number of methoxy groups -OCH3 is 1. The van der Waals surface area contributed by atoms with Crippen LogP contribution in [-0.4, -0.2) is 42.1 Å². The second-order valence-corrected chi connectivity index (χ2v) is 8.68. The molecule has 0 aliphatic heterocycles. The normalized spacial score (nSPS) is 11.4. The fourth-order valence-electron chi connectivity index (χ4n) is 3.55. The van der Waals surface area contributed by atoms with Gasteiger partial charge in [0.1, 0.15) is 5.75 Å². The van der Waals surface area contributed by atoms with E-state index in [2.05, 4.69) is 10.5 Å². The average Bonchev–Trinajstić information content (AvgIpc) is 3.35. The Morgan fingerprint density at radius 2 is 1.86 bits per heavy atom. The van der Waals surface area contributed by atoms with E-state index in [1.54, 1.807) is 31.4 Å². The maximum atomic E-state index is 13.1. The number of rotatable bonds is 10. The molecule has 0 aliphatic carbocycles. The standard InChI is InChI=1S/C26H28F3N3O4/c1-17(2)16-32(11-10-24(33)30-15-18-6-4-8-20(12-18)26(27,28)29)25(34)22-14-23(36-31-22)19-7-5-9-21(13-19)35-3/h4-9,12-14,17H,10-11,15-16H2,1-3H3,(H,30,33). The molecule has 0 saturated carbocycles. The van der Waals surface area contributed by atoms with Crippen molar-refractivity contribution in [2.24, 2.45) is 5.92 Å². The minimum Gasteiger partial charge on any atom is -0.497 e. The summed E-state index contributed by atoms with van der Waals surface area (Å²) in [6, 6.07) is 13.5. The summed E-state index contributed by atoms with van der Waals surface area (Å²) in [7, 11) is 1.55. The quantitative estimate of drug-likeness (QED) is 0.413. The molecular weight excluding hydrogens is 475 g/mol. The molecule has 0 atom stereocenters. The number of benzene rings is 2. The van der Waals surface area contributed by atoms with Crippen molar-refractivity contribution in [1.82, 2.24) is 15.4 Å². The van der Waals surface area contributed by atoms with Gasteiger partial charge in [0, 0.05) is 37.7 Å². The SMILES string of the molecule is COc1cccc(-c2cc(C(=O)N(CCC(=O)NCc3cccc(C(F)(F)F)c3)CC(C)C)no2)c1. The fourth-order valence-corrected chi connectivity index (χ4v) is 3.55. The molecule has 1 heterocycles. The van der Waals surface area contributed by atoms with Gasteiger partial charge < -0.3 is 19.5 Å². The number of carbonyl (C=O) groups excluding carboxylic acids is 2. The highest BCUT2D eigenvalue weighted by Crippen LogP contribution is 2.29. The molecule has 3 rings (SSSR count). The number of hydrogen-bond donors (Lipinski definition) is 1. The molecule has 10 heteroatoms. The molecule has 0 fully saturated rings. The summed E-state index contributed by atoms with van der Waals surface area (Å²) in [5.74, 6) is 0.403. The predicted molar refractivity (Wildman–Crippen MR) is 127 cm³/mol. The molecule has 7 nitrogen and oxygen atoms in total. The largest absolute Gasteiger partial charge is 0.497 e. The Morgan fingerprint density at radius 1 is 1.11 bits per heavy atom. The third-order valence-electron chi connectivity index (χ3n) is 5.31. The summed E-state index contributed by atoms with van der Waals surface area (Å²) in [5.41, 5.74) is 0.368. The molecule has 36 heavy (non-hydrogen) atoms. The smallest absolute Gasteiger partial charge is 0.416 e. The van der Waals surface area contributed by atoms with E-state index in [1.807, 2.05) is 13.8 Å². The van der Waals surface area contributed by atoms with Gasteiger partial charge in [0.2, 0.25) is 5.91 Å². The zero-order valence-corrected chi connectivity index (χ0v) is 20.3. The van der Waals surface area contributed by atoms with Crippen molar-refractivity contribution in [3.8, 4) is 17.1 Å². The first-order valence-corrected chi connectivity index (χ1v) is 11.4. The summed E-state index contributed by atoms with van der Waals surface area (Å²) in [5, 5.41) is 6.52. The van der Waals surface area contributed by atoms with Crippen molar-refractivity contribution in [3.05, 3.63) is 71.4 Å². The number of alkyl halides is 3. The number of ether oxygens (including phenoxy) is 1. The Kier molecular flexibility index (Phi) is 8.73. The molecule has 0 bridgehead atoms. The summed E-state index contributed by atoms with van der Waals surface area (Å²) in [6.07, 6.45) is -4.47. The highest BCUT2D eigenvalue weighted by molar-refractivity contribution is 5.93. The molecule has 192 valence electrons. The Hall–Kier alpha value is -3.82. The van der Waals surface area contributed by atoms with Gasteiger partial charge in [-0.3, -0.25) is 9.59 Å². The number of nitrogens with zero attached hydrogens (tertiary/aromatic N) is 2. The van der Waals surface area contributed by atoms with Crippen molar-refractivity contribution in [2.45, 2.75) is 33.0 Å². The Balaban J connectivity index is 1.62. The van der Waals surface area contributed by atoms with Gasteiger partial charge in [-0.2, -0.15) is 13.2 Å².